The molecule has 0 aliphatic carbocycles. The van der Waals surface area contributed by atoms with Gasteiger partial charge < -0.3 is 14.6 Å². The summed E-state index contributed by atoms with van der Waals surface area (Å²) in [4.78, 5) is 26.1. The third kappa shape index (κ3) is 2.20. The molecule has 104 valence electrons. The second kappa shape index (κ2) is 5.09. The van der Waals surface area contributed by atoms with Crippen LogP contribution in [0.15, 0.2) is 39.5 Å². The van der Waals surface area contributed by atoms with E-state index in [1.165, 1.54) is 0 Å². The number of rotatable bonds is 2. The van der Waals surface area contributed by atoms with Gasteiger partial charge in [-0.1, -0.05) is 18.2 Å². The Morgan fingerprint density at radius 1 is 1.40 bits per heavy atom. The average molecular weight is 272 g/mol. The van der Waals surface area contributed by atoms with Gasteiger partial charge in [0.25, 0.3) is 5.91 Å². The molecule has 2 heterocycles. The molecule has 5 nitrogen and oxygen atoms in total. The molecule has 1 atom stereocenters. The van der Waals surface area contributed by atoms with Crippen LogP contribution in [0.5, 0.6) is 0 Å². The number of likely N-dealkylation sites (N-methyl/N-ethyl adjacent to an activating group) is 1. The maximum atomic E-state index is 12.4. The van der Waals surface area contributed by atoms with Gasteiger partial charge in [0.15, 0.2) is 0 Å². The minimum atomic E-state index is -0.568. The third-order valence-electron chi connectivity index (χ3n) is 3.76. The number of para-hydroxylation sites is 1. The molecule has 0 saturated carbocycles. The minimum Gasteiger partial charge on any atom is -0.422 e. The van der Waals surface area contributed by atoms with Crippen molar-refractivity contribution in [3.63, 3.8) is 0 Å². The number of hydrogen-bond donors (Lipinski definition) is 1. The quantitative estimate of drug-likeness (QED) is 0.835. The van der Waals surface area contributed by atoms with Gasteiger partial charge in [-0.05, 0) is 25.6 Å². The summed E-state index contributed by atoms with van der Waals surface area (Å²) in [7, 11) is 1.88. The number of benzene rings is 1. The van der Waals surface area contributed by atoms with Crippen LogP contribution < -0.4 is 10.9 Å². The van der Waals surface area contributed by atoms with E-state index in [1.54, 1.807) is 23.1 Å². The number of likely N-dealkylation sites (tertiary alicyclic amines) is 1. The highest BCUT2D eigenvalue weighted by molar-refractivity contribution is 5.96. The molecule has 1 aliphatic rings. The van der Waals surface area contributed by atoms with E-state index in [2.05, 4.69) is 5.32 Å². The van der Waals surface area contributed by atoms with Gasteiger partial charge in [0.05, 0.1) is 0 Å². The molecule has 1 fully saturated rings. The first-order valence-electron chi connectivity index (χ1n) is 6.68. The number of carbonyl (C=O) groups is 1. The summed E-state index contributed by atoms with van der Waals surface area (Å²) in [5.41, 5.74) is 0.0469. The van der Waals surface area contributed by atoms with Crippen molar-refractivity contribution in [3.8, 4) is 0 Å². The fraction of sp³-hybridized carbons (Fsp3) is 0.333. The van der Waals surface area contributed by atoms with Gasteiger partial charge in [0, 0.05) is 24.5 Å². The Labute approximate surface area is 116 Å². The number of nitrogens with one attached hydrogen (secondary N) is 1. The molecule has 0 bridgehead atoms. The molecule has 1 aromatic carbocycles. The Morgan fingerprint density at radius 3 is 2.95 bits per heavy atom. The van der Waals surface area contributed by atoms with E-state index in [9.17, 15) is 9.59 Å². The van der Waals surface area contributed by atoms with Crippen molar-refractivity contribution in [2.45, 2.75) is 12.5 Å². The first-order valence-corrected chi connectivity index (χ1v) is 6.68. The molecule has 1 amide bonds. The van der Waals surface area contributed by atoms with E-state index in [0.717, 1.165) is 11.8 Å². The van der Waals surface area contributed by atoms with E-state index in [1.807, 2.05) is 19.2 Å². The van der Waals surface area contributed by atoms with Crippen molar-refractivity contribution in [1.29, 1.82) is 0 Å². The smallest absolute Gasteiger partial charge is 0.349 e. The van der Waals surface area contributed by atoms with Crippen LogP contribution in [-0.4, -0.2) is 37.0 Å². The van der Waals surface area contributed by atoms with Crippen LogP contribution in [0.4, 0.5) is 0 Å². The van der Waals surface area contributed by atoms with E-state index >= 15 is 0 Å². The van der Waals surface area contributed by atoms with Gasteiger partial charge in [0.2, 0.25) is 0 Å². The highest BCUT2D eigenvalue weighted by atomic mass is 16.4. The van der Waals surface area contributed by atoms with Gasteiger partial charge in [-0.2, -0.15) is 0 Å². The fourth-order valence-corrected chi connectivity index (χ4v) is 2.56. The van der Waals surface area contributed by atoms with Crippen molar-refractivity contribution < 1.29 is 9.21 Å². The molecule has 0 spiro atoms. The topological polar surface area (TPSA) is 62.6 Å². The molecule has 0 radical (unpaired) electrons. The fourth-order valence-electron chi connectivity index (χ4n) is 2.56. The summed E-state index contributed by atoms with van der Waals surface area (Å²) >= 11 is 0. The zero-order valence-electron chi connectivity index (χ0n) is 11.3. The lowest BCUT2D eigenvalue weighted by molar-refractivity contribution is 0.0785. The highest BCUT2D eigenvalue weighted by Crippen LogP contribution is 2.16. The molecule has 1 unspecified atom stereocenters. The first-order chi connectivity index (χ1) is 9.69. The second-order valence-electron chi connectivity index (χ2n) is 5.01. The predicted octanol–water partition coefficient (Wildman–Crippen LogP) is 1.23. The lowest BCUT2D eigenvalue weighted by Crippen LogP contribution is -2.35. The van der Waals surface area contributed by atoms with Crippen LogP contribution in [0.2, 0.25) is 0 Å². The summed E-state index contributed by atoms with van der Waals surface area (Å²) in [6, 6.07) is 9.11. The van der Waals surface area contributed by atoms with Crippen molar-refractivity contribution in [2.75, 3.05) is 20.1 Å². The van der Waals surface area contributed by atoms with Crippen LogP contribution in [0, 0.1) is 0 Å². The van der Waals surface area contributed by atoms with Crippen molar-refractivity contribution in [3.05, 3.63) is 46.3 Å². The zero-order chi connectivity index (χ0) is 14.1. The van der Waals surface area contributed by atoms with Crippen LogP contribution in [0.3, 0.4) is 0 Å². The SMILES string of the molecule is CNC1CCN(C(=O)c2cc3ccccc3oc2=O)C1. The highest BCUT2D eigenvalue weighted by Gasteiger charge is 2.27. The molecule has 5 heteroatoms. The first kappa shape index (κ1) is 12.9. The number of carbonyl (C=O) groups excluding carboxylic acids is 1. The number of amides is 1. The van der Waals surface area contributed by atoms with Crippen molar-refractivity contribution in [1.82, 2.24) is 10.2 Å². The number of fused-ring (bicyclic) bond motifs is 1. The Kier molecular flexibility index (Phi) is 3.28. The molecule has 1 aliphatic heterocycles. The molecular formula is C15H16N2O3. The molecule has 1 N–H and O–H groups in total. The second-order valence-corrected chi connectivity index (χ2v) is 5.01. The largest absolute Gasteiger partial charge is 0.422 e. The predicted molar refractivity (Wildman–Crippen MR) is 75.9 cm³/mol. The lowest BCUT2D eigenvalue weighted by atomic mass is 10.1. The monoisotopic (exact) mass is 272 g/mol. The summed E-state index contributed by atoms with van der Waals surface area (Å²) in [5, 5.41) is 3.91. The van der Waals surface area contributed by atoms with E-state index in [-0.39, 0.29) is 11.5 Å². The van der Waals surface area contributed by atoms with Gasteiger partial charge in [0.1, 0.15) is 11.1 Å². The van der Waals surface area contributed by atoms with Gasteiger partial charge in [-0.15, -0.1) is 0 Å². The van der Waals surface area contributed by atoms with Gasteiger partial charge in [-0.25, -0.2) is 4.79 Å². The van der Waals surface area contributed by atoms with Gasteiger partial charge >= 0.3 is 5.63 Å². The molecule has 2 aromatic rings. The standard InChI is InChI=1S/C15H16N2O3/c1-16-11-6-7-17(9-11)14(18)12-8-10-4-2-3-5-13(10)20-15(12)19/h2-5,8,11,16H,6-7,9H2,1H3. The summed E-state index contributed by atoms with van der Waals surface area (Å²) in [6.45, 7) is 1.29. The minimum absolute atomic E-state index is 0.112. The summed E-state index contributed by atoms with van der Waals surface area (Å²) < 4.78 is 5.21. The number of hydrogen-bond acceptors (Lipinski definition) is 4. The average Bonchev–Trinajstić information content (AvgIpc) is 2.94. The molecule has 1 saturated heterocycles. The maximum Gasteiger partial charge on any atom is 0.349 e. The Hall–Kier alpha value is -2.14. The summed E-state index contributed by atoms with van der Waals surface area (Å²) in [6.07, 6.45) is 0.904. The normalized spacial score (nSPS) is 18.6. The Bertz CT molecular complexity index is 708. The summed E-state index contributed by atoms with van der Waals surface area (Å²) in [5.74, 6) is -0.248. The lowest BCUT2D eigenvalue weighted by Gasteiger charge is -2.15. The molecule has 3 rings (SSSR count). The van der Waals surface area contributed by atoms with E-state index < -0.39 is 5.63 Å². The Balaban J connectivity index is 1.95. The van der Waals surface area contributed by atoms with Crippen LogP contribution in [0.1, 0.15) is 16.8 Å². The maximum absolute atomic E-state index is 12.4. The third-order valence-corrected chi connectivity index (χ3v) is 3.76. The number of nitrogens with zero attached hydrogens (tertiary/aromatic N) is 1. The van der Waals surface area contributed by atoms with Gasteiger partial charge in [-0.3, -0.25) is 4.79 Å². The molecule has 20 heavy (non-hydrogen) atoms. The van der Waals surface area contributed by atoms with E-state index in [0.29, 0.717) is 24.7 Å². The van der Waals surface area contributed by atoms with Crippen molar-refractivity contribution in [2.24, 2.45) is 0 Å². The molecule has 1 aromatic heterocycles. The Morgan fingerprint density at radius 2 is 2.20 bits per heavy atom. The van der Waals surface area contributed by atoms with Crippen LogP contribution >= 0.6 is 0 Å². The van der Waals surface area contributed by atoms with Crippen LogP contribution in [-0.2, 0) is 0 Å². The zero-order valence-corrected chi connectivity index (χ0v) is 11.3. The van der Waals surface area contributed by atoms with Crippen LogP contribution in [0.25, 0.3) is 11.0 Å². The van der Waals surface area contributed by atoms with Crippen molar-refractivity contribution >= 4 is 16.9 Å². The molecular weight excluding hydrogens is 256 g/mol. The van der Waals surface area contributed by atoms with E-state index in [4.69, 9.17) is 4.42 Å².